The number of phenols is 3. The molecule has 0 saturated heterocycles. The van der Waals surface area contributed by atoms with Gasteiger partial charge in [-0.25, -0.2) is 0 Å². The van der Waals surface area contributed by atoms with Crippen LogP contribution in [-0.4, -0.2) is 15.3 Å². The third-order valence-corrected chi connectivity index (χ3v) is 2.90. The van der Waals surface area contributed by atoms with Crippen molar-refractivity contribution in [2.24, 2.45) is 0 Å². The van der Waals surface area contributed by atoms with E-state index in [-0.39, 0.29) is 17.2 Å². The Kier molecular flexibility index (Phi) is 3.02. The summed E-state index contributed by atoms with van der Waals surface area (Å²) in [4.78, 5) is 0. The summed E-state index contributed by atoms with van der Waals surface area (Å²) in [6.45, 7) is 3.84. The third-order valence-electron chi connectivity index (χ3n) is 2.90. The Balaban J connectivity index is 2.40. The van der Waals surface area contributed by atoms with Crippen molar-refractivity contribution >= 4 is 11.4 Å². The highest BCUT2D eigenvalue weighted by Crippen LogP contribution is 2.37. The summed E-state index contributed by atoms with van der Waals surface area (Å²) in [6.07, 6.45) is 0. The molecule has 0 spiro atoms. The second kappa shape index (κ2) is 4.49. The van der Waals surface area contributed by atoms with Gasteiger partial charge in [0, 0.05) is 0 Å². The summed E-state index contributed by atoms with van der Waals surface area (Å²) in [5.41, 5.74) is 2.83. The average molecular weight is 245 g/mol. The fourth-order valence-electron chi connectivity index (χ4n) is 1.68. The van der Waals surface area contributed by atoms with E-state index in [1.807, 2.05) is 13.8 Å². The zero-order valence-corrected chi connectivity index (χ0v) is 10.2. The van der Waals surface area contributed by atoms with Gasteiger partial charge in [-0.05, 0) is 49.2 Å². The van der Waals surface area contributed by atoms with Crippen molar-refractivity contribution in [1.29, 1.82) is 0 Å². The Hall–Kier alpha value is -2.36. The zero-order valence-electron chi connectivity index (χ0n) is 10.2. The first-order valence-electron chi connectivity index (χ1n) is 5.57. The van der Waals surface area contributed by atoms with Crippen molar-refractivity contribution in [2.75, 3.05) is 5.32 Å². The first-order chi connectivity index (χ1) is 8.49. The van der Waals surface area contributed by atoms with Crippen LogP contribution < -0.4 is 5.32 Å². The number of rotatable bonds is 2. The predicted octanol–water partition coefficient (Wildman–Crippen LogP) is 3.16. The van der Waals surface area contributed by atoms with Crippen molar-refractivity contribution in [3.8, 4) is 17.2 Å². The molecule has 0 heterocycles. The van der Waals surface area contributed by atoms with E-state index in [2.05, 4.69) is 5.32 Å². The van der Waals surface area contributed by atoms with Crippen LogP contribution in [0.25, 0.3) is 0 Å². The van der Waals surface area contributed by atoms with Crippen LogP contribution >= 0.6 is 0 Å². The maximum Gasteiger partial charge on any atom is 0.181 e. The van der Waals surface area contributed by atoms with Gasteiger partial charge in [-0.1, -0.05) is 6.07 Å². The number of anilines is 2. The molecular weight excluding hydrogens is 230 g/mol. The molecule has 2 aromatic rings. The molecule has 0 bridgehead atoms. The van der Waals surface area contributed by atoms with E-state index in [4.69, 9.17) is 0 Å². The quantitative estimate of drug-likeness (QED) is 0.613. The fraction of sp³-hybridized carbons (Fsp3) is 0.143. The van der Waals surface area contributed by atoms with E-state index in [1.54, 1.807) is 24.3 Å². The van der Waals surface area contributed by atoms with E-state index < -0.39 is 0 Å². The zero-order chi connectivity index (χ0) is 13.3. The van der Waals surface area contributed by atoms with Gasteiger partial charge in [0.15, 0.2) is 11.5 Å². The second-order valence-electron chi connectivity index (χ2n) is 4.25. The molecule has 18 heavy (non-hydrogen) atoms. The molecule has 4 N–H and O–H groups in total. The molecule has 0 amide bonds. The molecule has 0 aliphatic carbocycles. The Bertz CT molecular complexity index is 594. The molecule has 0 atom stereocenters. The lowest BCUT2D eigenvalue weighted by Crippen LogP contribution is -1.93. The highest BCUT2D eigenvalue weighted by atomic mass is 16.3. The molecule has 0 fully saturated rings. The highest BCUT2D eigenvalue weighted by molar-refractivity contribution is 5.73. The Morgan fingerprint density at radius 1 is 0.833 bits per heavy atom. The van der Waals surface area contributed by atoms with Gasteiger partial charge in [0.05, 0.1) is 11.4 Å². The smallest absolute Gasteiger partial charge is 0.181 e. The molecule has 4 heteroatoms. The number of nitrogens with one attached hydrogen (secondary N) is 1. The maximum absolute atomic E-state index is 9.83. The molecule has 0 radical (unpaired) electrons. The fourth-order valence-corrected chi connectivity index (χ4v) is 1.68. The number of hydrogen-bond donors (Lipinski definition) is 4. The van der Waals surface area contributed by atoms with Crippen LogP contribution in [0.15, 0.2) is 30.3 Å². The molecule has 94 valence electrons. The lowest BCUT2D eigenvalue weighted by molar-refractivity contribution is 0.405. The standard InChI is InChI=1S/C14H15NO3/c1-8-6-11(13(17)7-9(8)2)15-10-4-3-5-12(16)14(10)18/h3-7,15-18H,1-2H3. The largest absolute Gasteiger partial charge is 0.506 e. The summed E-state index contributed by atoms with van der Waals surface area (Å²) in [6, 6.07) is 8.05. The summed E-state index contributed by atoms with van der Waals surface area (Å²) >= 11 is 0. The molecule has 0 unspecified atom stereocenters. The number of hydrogen-bond acceptors (Lipinski definition) is 4. The van der Waals surface area contributed by atoms with Crippen LogP contribution in [0.1, 0.15) is 11.1 Å². The van der Waals surface area contributed by atoms with E-state index in [1.165, 1.54) is 6.07 Å². The number of para-hydroxylation sites is 1. The first kappa shape index (κ1) is 12.1. The van der Waals surface area contributed by atoms with Crippen molar-refractivity contribution in [3.05, 3.63) is 41.5 Å². The maximum atomic E-state index is 9.83. The lowest BCUT2D eigenvalue weighted by atomic mass is 10.1. The summed E-state index contributed by atoms with van der Waals surface area (Å²) in [5, 5.41) is 31.8. The van der Waals surface area contributed by atoms with Gasteiger partial charge in [-0.15, -0.1) is 0 Å². The number of aryl methyl sites for hydroxylation is 2. The SMILES string of the molecule is Cc1cc(O)c(Nc2cccc(O)c2O)cc1C. The number of phenolic OH excluding ortho intramolecular Hbond substituents is 3. The first-order valence-corrected chi connectivity index (χ1v) is 5.57. The summed E-state index contributed by atoms with van der Waals surface area (Å²) < 4.78 is 0. The Morgan fingerprint density at radius 2 is 1.50 bits per heavy atom. The van der Waals surface area contributed by atoms with E-state index in [0.717, 1.165) is 11.1 Å². The van der Waals surface area contributed by atoms with Gasteiger partial charge >= 0.3 is 0 Å². The van der Waals surface area contributed by atoms with Crippen molar-refractivity contribution in [1.82, 2.24) is 0 Å². The molecule has 0 aliphatic rings. The minimum Gasteiger partial charge on any atom is -0.506 e. The molecule has 2 aromatic carbocycles. The third kappa shape index (κ3) is 2.18. The number of benzene rings is 2. The molecular formula is C14H15NO3. The van der Waals surface area contributed by atoms with Gasteiger partial charge in [-0.3, -0.25) is 0 Å². The lowest BCUT2D eigenvalue weighted by Gasteiger charge is -2.12. The molecule has 0 saturated carbocycles. The average Bonchev–Trinajstić information content (AvgIpc) is 2.32. The van der Waals surface area contributed by atoms with Crippen LogP contribution in [0.5, 0.6) is 17.2 Å². The van der Waals surface area contributed by atoms with E-state index in [0.29, 0.717) is 11.4 Å². The molecule has 4 nitrogen and oxygen atoms in total. The van der Waals surface area contributed by atoms with Crippen LogP contribution in [-0.2, 0) is 0 Å². The topological polar surface area (TPSA) is 72.7 Å². The Labute approximate surface area is 105 Å². The van der Waals surface area contributed by atoms with Crippen molar-refractivity contribution in [2.45, 2.75) is 13.8 Å². The molecule has 0 aliphatic heterocycles. The van der Waals surface area contributed by atoms with Gasteiger partial charge in [0.2, 0.25) is 0 Å². The van der Waals surface area contributed by atoms with Crippen LogP contribution in [0.3, 0.4) is 0 Å². The number of aromatic hydroxyl groups is 3. The highest BCUT2D eigenvalue weighted by Gasteiger charge is 2.09. The van der Waals surface area contributed by atoms with Crippen molar-refractivity contribution < 1.29 is 15.3 Å². The molecule has 0 aromatic heterocycles. The van der Waals surface area contributed by atoms with Gasteiger partial charge < -0.3 is 20.6 Å². The predicted molar refractivity (Wildman–Crippen MR) is 70.6 cm³/mol. The monoisotopic (exact) mass is 245 g/mol. The van der Waals surface area contributed by atoms with E-state index in [9.17, 15) is 15.3 Å². The van der Waals surface area contributed by atoms with E-state index >= 15 is 0 Å². The van der Waals surface area contributed by atoms with Crippen LogP contribution in [0.2, 0.25) is 0 Å². The van der Waals surface area contributed by atoms with Crippen molar-refractivity contribution in [3.63, 3.8) is 0 Å². The minimum atomic E-state index is -0.241. The summed E-state index contributed by atoms with van der Waals surface area (Å²) in [7, 11) is 0. The van der Waals surface area contributed by atoms with Gasteiger partial charge in [-0.2, -0.15) is 0 Å². The summed E-state index contributed by atoms with van der Waals surface area (Å²) in [5.74, 6) is -0.348. The normalized spacial score (nSPS) is 10.3. The van der Waals surface area contributed by atoms with Crippen LogP contribution in [0.4, 0.5) is 11.4 Å². The second-order valence-corrected chi connectivity index (χ2v) is 4.25. The van der Waals surface area contributed by atoms with Gasteiger partial charge in [0.1, 0.15) is 5.75 Å². The van der Waals surface area contributed by atoms with Crippen LogP contribution in [0, 0.1) is 13.8 Å². The van der Waals surface area contributed by atoms with Gasteiger partial charge in [0.25, 0.3) is 0 Å². The molecule has 2 rings (SSSR count). The minimum absolute atomic E-state index is 0.0980. The Morgan fingerprint density at radius 3 is 2.22 bits per heavy atom.